The lowest BCUT2D eigenvalue weighted by molar-refractivity contribution is -0.146. The Bertz CT molecular complexity index is 1240. The summed E-state index contributed by atoms with van der Waals surface area (Å²) < 4.78 is 38.6. The van der Waals surface area contributed by atoms with Crippen molar-refractivity contribution in [2.24, 2.45) is 0 Å². The molecular formula is C20H21N3O6S. The first-order valence-corrected chi connectivity index (χ1v) is 10.5. The number of sulfonamides is 1. The van der Waals surface area contributed by atoms with E-state index in [0.717, 1.165) is 5.56 Å². The molecule has 0 fully saturated rings. The fourth-order valence-electron chi connectivity index (χ4n) is 2.71. The van der Waals surface area contributed by atoms with Gasteiger partial charge in [-0.2, -0.15) is 4.72 Å². The van der Waals surface area contributed by atoms with Gasteiger partial charge in [-0.3, -0.25) is 14.0 Å². The van der Waals surface area contributed by atoms with Crippen molar-refractivity contribution in [2.75, 3.05) is 7.11 Å². The molecule has 0 saturated carbocycles. The summed E-state index contributed by atoms with van der Waals surface area (Å²) in [6.07, 6.45) is 1.66. The van der Waals surface area contributed by atoms with Gasteiger partial charge in [-0.25, -0.2) is 13.4 Å². The van der Waals surface area contributed by atoms with E-state index in [4.69, 9.17) is 9.47 Å². The molecule has 2 heterocycles. The molecule has 0 aliphatic carbocycles. The number of fused-ring (bicyclic) bond motifs is 1. The highest BCUT2D eigenvalue weighted by atomic mass is 32.2. The van der Waals surface area contributed by atoms with Gasteiger partial charge in [0.25, 0.3) is 5.56 Å². The third-order valence-corrected chi connectivity index (χ3v) is 5.83. The van der Waals surface area contributed by atoms with Crippen LogP contribution in [-0.4, -0.2) is 36.9 Å². The second kappa shape index (κ2) is 8.64. The van der Waals surface area contributed by atoms with Gasteiger partial charge < -0.3 is 9.47 Å². The van der Waals surface area contributed by atoms with E-state index in [1.54, 1.807) is 12.3 Å². The molecule has 158 valence electrons. The second-order valence-electron chi connectivity index (χ2n) is 6.65. The van der Waals surface area contributed by atoms with Gasteiger partial charge in [0.1, 0.15) is 24.0 Å². The standard InChI is InChI=1S/C20H21N3O6S/c1-13-4-9-18-21-15(10-19(24)23(18)11-13)12-29-20(25)14(2)22-30(26,27)17-7-5-16(28-3)6-8-17/h4-11,14,22H,12H2,1-3H3/t14-/m0/s1. The van der Waals surface area contributed by atoms with Gasteiger partial charge in [0.05, 0.1) is 17.7 Å². The van der Waals surface area contributed by atoms with Crippen molar-refractivity contribution in [1.29, 1.82) is 0 Å². The number of carbonyl (C=O) groups is 1. The number of hydrogen-bond donors (Lipinski definition) is 1. The summed E-state index contributed by atoms with van der Waals surface area (Å²) in [7, 11) is -2.46. The third-order valence-electron chi connectivity index (χ3n) is 4.28. The molecule has 30 heavy (non-hydrogen) atoms. The van der Waals surface area contributed by atoms with Crippen molar-refractivity contribution >= 4 is 21.6 Å². The van der Waals surface area contributed by atoms with Gasteiger partial charge in [-0.1, -0.05) is 6.07 Å². The summed E-state index contributed by atoms with van der Waals surface area (Å²) in [6.45, 7) is 2.97. The lowest BCUT2D eigenvalue weighted by atomic mass is 10.3. The summed E-state index contributed by atoms with van der Waals surface area (Å²) in [5, 5.41) is 0. The van der Waals surface area contributed by atoms with E-state index >= 15 is 0 Å². The SMILES string of the molecule is COc1ccc(S(=O)(=O)N[C@@H](C)C(=O)OCc2cc(=O)n3cc(C)ccc3n2)cc1. The molecule has 0 unspecified atom stereocenters. The highest BCUT2D eigenvalue weighted by Crippen LogP contribution is 2.15. The molecule has 1 atom stereocenters. The average Bonchev–Trinajstić information content (AvgIpc) is 2.72. The van der Waals surface area contributed by atoms with Gasteiger partial charge in [0.15, 0.2) is 0 Å². The molecule has 1 aromatic carbocycles. The minimum atomic E-state index is -3.93. The van der Waals surface area contributed by atoms with Crippen LogP contribution in [0.4, 0.5) is 0 Å². The lowest BCUT2D eigenvalue weighted by Gasteiger charge is -2.14. The van der Waals surface area contributed by atoms with Crippen molar-refractivity contribution in [2.45, 2.75) is 31.4 Å². The van der Waals surface area contributed by atoms with Crippen LogP contribution in [0, 0.1) is 6.92 Å². The van der Waals surface area contributed by atoms with Gasteiger partial charge in [-0.05, 0) is 49.7 Å². The minimum Gasteiger partial charge on any atom is -0.497 e. The van der Waals surface area contributed by atoms with E-state index in [1.165, 1.54) is 48.8 Å². The van der Waals surface area contributed by atoms with Crippen molar-refractivity contribution in [1.82, 2.24) is 14.1 Å². The zero-order chi connectivity index (χ0) is 21.9. The Morgan fingerprint density at radius 1 is 1.20 bits per heavy atom. The quantitative estimate of drug-likeness (QED) is 0.563. The van der Waals surface area contributed by atoms with E-state index in [-0.39, 0.29) is 22.8 Å². The molecule has 0 aliphatic rings. The number of esters is 1. The number of carbonyl (C=O) groups excluding carboxylic acids is 1. The van der Waals surface area contributed by atoms with E-state index < -0.39 is 22.0 Å². The molecule has 0 spiro atoms. The van der Waals surface area contributed by atoms with Crippen LogP contribution in [0.5, 0.6) is 5.75 Å². The zero-order valence-electron chi connectivity index (χ0n) is 16.7. The van der Waals surface area contributed by atoms with Crippen molar-refractivity contribution < 1.29 is 22.7 Å². The second-order valence-corrected chi connectivity index (χ2v) is 8.36. The molecule has 2 aromatic heterocycles. The Morgan fingerprint density at radius 2 is 1.90 bits per heavy atom. The van der Waals surface area contributed by atoms with Crippen molar-refractivity contribution in [3.63, 3.8) is 0 Å². The molecular weight excluding hydrogens is 410 g/mol. The number of benzene rings is 1. The first-order valence-electron chi connectivity index (χ1n) is 9.01. The maximum atomic E-state index is 12.4. The largest absolute Gasteiger partial charge is 0.497 e. The predicted molar refractivity (Wildman–Crippen MR) is 109 cm³/mol. The molecule has 9 nitrogen and oxygen atoms in total. The first-order chi connectivity index (χ1) is 14.2. The lowest BCUT2D eigenvalue weighted by Crippen LogP contribution is -2.39. The van der Waals surface area contributed by atoms with Gasteiger partial charge in [0.2, 0.25) is 10.0 Å². The Morgan fingerprint density at radius 3 is 2.57 bits per heavy atom. The van der Waals surface area contributed by atoms with Crippen LogP contribution < -0.4 is 15.0 Å². The number of hydrogen-bond acceptors (Lipinski definition) is 7. The van der Waals surface area contributed by atoms with Gasteiger partial charge in [-0.15, -0.1) is 0 Å². The summed E-state index contributed by atoms with van der Waals surface area (Å²) in [6, 6.07) is 9.38. The normalized spacial score (nSPS) is 12.5. The number of ether oxygens (including phenoxy) is 2. The predicted octanol–water partition coefficient (Wildman–Crippen LogP) is 1.42. The number of nitrogens with zero attached hydrogens (tertiary/aromatic N) is 2. The van der Waals surface area contributed by atoms with E-state index in [0.29, 0.717) is 11.4 Å². The van der Waals surface area contributed by atoms with Crippen LogP contribution in [0.2, 0.25) is 0 Å². The monoisotopic (exact) mass is 431 g/mol. The summed E-state index contributed by atoms with van der Waals surface area (Å²) in [4.78, 5) is 28.7. The van der Waals surface area contributed by atoms with Crippen molar-refractivity contribution in [3.05, 3.63) is 70.3 Å². The van der Waals surface area contributed by atoms with E-state index in [2.05, 4.69) is 9.71 Å². The molecule has 0 amide bonds. The number of aryl methyl sites for hydroxylation is 1. The Labute approximate surface area is 173 Å². The van der Waals surface area contributed by atoms with Crippen LogP contribution in [-0.2, 0) is 26.2 Å². The van der Waals surface area contributed by atoms with Crippen LogP contribution in [0.25, 0.3) is 5.65 Å². The Hall–Kier alpha value is -3.24. The molecule has 3 rings (SSSR count). The number of nitrogens with one attached hydrogen (secondary N) is 1. The Kier molecular flexibility index (Phi) is 6.18. The smallest absolute Gasteiger partial charge is 0.324 e. The Balaban J connectivity index is 1.66. The minimum absolute atomic E-state index is 0.0116. The zero-order valence-corrected chi connectivity index (χ0v) is 17.5. The van der Waals surface area contributed by atoms with Crippen LogP contribution in [0.15, 0.2) is 58.4 Å². The maximum absolute atomic E-state index is 12.4. The van der Waals surface area contributed by atoms with E-state index in [9.17, 15) is 18.0 Å². The van der Waals surface area contributed by atoms with Crippen LogP contribution in [0.3, 0.4) is 0 Å². The molecule has 0 aliphatic heterocycles. The fourth-order valence-corrected chi connectivity index (χ4v) is 3.90. The summed E-state index contributed by atoms with van der Waals surface area (Å²) >= 11 is 0. The maximum Gasteiger partial charge on any atom is 0.324 e. The van der Waals surface area contributed by atoms with Crippen LogP contribution in [0.1, 0.15) is 18.2 Å². The van der Waals surface area contributed by atoms with Crippen molar-refractivity contribution in [3.8, 4) is 5.75 Å². The molecule has 1 N–H and O–H groups in total. The number of aromatic nitrogens is 2. The van der Waals surface area contributed by atoms with Gasteiger partial charge in [0, 0.05) is 12.3 Å². The molecule has 10 heteroatoms. The molecule has 3 aromatic rings. The fraction of sp³-hybridized carbons (Fsp3) is 0.250. The van der Waals surface area contributed by atoms with Gasteiger partial charge >= 0.3 is 5.97 Å². The summed E-state index contributed by atoms with van der Waals surface area (Å²) in [5.41, 5.74) is 1.29. The first kappa shape index (κ1) is 21.5. The number of methoxy groups -OCH3 is 1. The average molecular weight is 431 g/mol. The topological polar surface area (TPSA) is 116 Å². The third kappa shape index (κ3) is 4.84. The molecule has 0 radical (unpaired) electrons. The van der Waals surface area contributed by atoms with E-state index in [1.807, 2.05) is 13.0 Å². The van der Waals surface area contributed by atoms with Crippen LogP contribution >= 0.6 is 0 Å². The highest BCUT2D eigenvalue weighted by molar-refractivity contribution is 7.89. The number of pyridine rings is 1. The molecule has 0 bridgehead atoms. The molecule has 0 saturated heterocycles. The summed E-state index contributed by atoms with van der Waals surface area (Å²) in [5.74, 6) is -0.284. The number of rotatable bonds is 7. The highest BCUT2D eigenvalue weighted by Gasteiger charge is 2.23.